The Balaban J connectivity index is 1.93. The third-order valence-electron chi connectivity index (χ3n) is 2.56. The van der Waals surface area contributed by atoms with E-state index in [2.05, 4.69) is 46.1 Å². The Labute approximate surface area is 112 Å². The van der Waals surface area contributed by atoms with E-state index in [1.165, 1.54) is 5.56 Å². The molecule has 0 aliphatic rings. The van der Waals surface area contributed by atoms with Crippen molar-refractivity contribution >= 4 is 11.8 Å². The van der Waals surface area contributed by atoms with Crippen LogP contribution in [0.2, 0.25) is 0 Å². The average Bonchev–Trinajstić information content (AvgIpc) is 2.44. The number of rotatable bonds is 6. The molecule has 0 saturated heterocycles. The van der Waals surface area contributed by atoms with Crippen molar-refractivity contribution < 1.29 is 0 Å². The molecule has 0 radical (unpaired) electrons. The Morgan fingerprint density at radius 2 is 1.94 bits per heavy atom. The van der Waals surface area contributed by atoms with Gasteiger partial charge in [-0.1, -0.05) is 55.4 Å². The molecular weight excluding hydrogens is 242 g/mol. The molecule has 94 valence electrons. The summed E-state index contributed by atoms with van der Waals surface area (Å²) in [6, 6.07) is 10.4. The SMILES string of the molecule is CCCCc1ncnc(SCc2ccccc2)n1. The van der Waals surface area contributed by atoms with Crippen molar-refractivity contribution in [1.82, 2.24) is 15.0 Å². The van der Waals surface area contributed by atoms with Gasteiger partial charge in [0.15, 0.2) is 5.16 Å². The van der Waals surface area contributed by atoms with Gasteiger partial charge in [0.1, 0.15) is 12.2 Å². The van der Waals surface area contributed by atoms with Gasteiger partial charge in [-0.25, -0.2) is 15.0 Å². The zero-order chi connectivity index (χ0) is 12.6. The molecule has 2 aromatic rings. The summed E-state index contributed by atoms with van der Waals surface area (Å²) >= 11 is 1.66. The topological polar surface area (TPSA) is 38.7 Å². The quantitative estimate of drug-likeness (QED) is 0.744. The highest BCUT2D eigenvalue weighted by atomic mass is 32.2. The average molecular weight is 259 g/mol. The number of benzene rings is 1. The number of unbranched alkanes of at least 4 members (excludes halogenated alkanes) is 1. The van der Waals surface area contributed by atoms with E-state index in [1.807, 2.05) is 6.07 Å². The summed E-state index contributed by atoms with van der Waals surface area (Å²) in [5.41, 5.74) is 1.29. The molecule has 1 aromatic carbocycles. The van der Waals surface area contributed by atoms with E-state index in [4.69, 9.17) is 0 Å². The fourth-order valence-electron chi connectivity index (χ4n) is 1.56. The summed E-state index contributed by atoms with van der Waals surface area (Å²) in [4.78, 5) is 12.9. The van der Waals surface area contributed by atoms with Gasteiger partial charge in [0, 0.05) is 12.2 Å². The summed E-state index contributed by atoms with van der Waals surface area (Å²) in [5, 5.41) is 0.819. The van der Waals surface area contributed by atoms with E-state index < -0.39 is 0 Å². The molecule has 3 nitrogen and oxygen atoms in total. The first-order chi connectivity index (χ1) is 8.88. The van der Waals surface area contributed by atoms with Crippen LogP contribution in [0.1, 0.15) is 31.2 Å². The summed E-state index contributed by atoms with van der Waals surface area (Å²) in [6.07, 6.45) is 4.86. The third-order valence-corrected chi connectivity index (χ3v) is 3.50. The van der Waals surface area contributed by atoms with Crippen molar-refractivity contribution in [2.45, 2.75) is 37.1 Å². The lowest BCUT2D eigenvalue weighted by Crippen LogP contribution is -1.98. The van der Waals surface area contributed by atoms with Gasteiger partial charge in [0.25, 0.3) is 0 Å². The maximum absolute atomic E-state index is 4.47. The third kappa shape index (κ3) is 4.11. The molecule has 2 rings (SSSR count). The first-order valence-corrected chi connectivity index (χ1v) is 7.21. The Bertz CT molecular complexity index is 473. The minimum absolute atomic E-state index is 0.819. The minimum atomic E-state index is 0.819. The molecule has 0 atom stereocenters. The van der Waals surface area contributed by atoms with Crippen LogP contribution in [0.25, 0.3) is 0 Å². The van der Waals surface area contributed by atoms with Crippen molar-refractivity contribution in [2.24, 2.45) is 0 Å². The van der Waals surface area contributed by atoms with Gasteiger partial charge in [-0.2, -0.15) is 0 Å². The number of aryl methyl sites for hydroxylation is 1. The summed E-state index contributed by atoms with van der Waals surface area (Å²) in [6.45, 7) is 2.17. The maximum Gasteiger partial charge on any atom is 0.191 e. The molecule has 1 heterocycles. The highest BCUT2D eigenvalue weighted by molar-refractivity contribution is 7.98. The second-order valence-electron chi connectivity index (χ2n) is 4.06. The molecule has 0 aliphatic heterocycles. The molecule has 0 aliphatic carbocycles. The Morgan fingerprint density at radius 1 is 1.11 bits per heavy atom. The monoisotopic (exact) mass is 259 g/mol. The predicted octanol–water partition coefficient (Wildman–Crippen LogP) is 3.51. The molecule has 18 heavy (non-hydrogen) atoms. The Hall–Kier alpha value is -1.42. The van der Waals surface area contributed by atoms with Crippen molar-refractivity contribution in [3.8, 4) is 0 Å². The summed E-state index contributed by atoms with van der Waals surface area (Å²) < 4.78 is 0. The minimum Gasteiger partial charge on any atom is -0.221 e. The van der Waals surface area contributed by atoms with Crippen molar-refractivity contribution in [3.05, 3.63) is 48.0 Å². The number of hydrogen-bond donors (Lipinski definition) is 0. The van der Waals surface area contributed by atoms with Gasteiger partial charge >= 0.3 is 0 Å². The lowest BCUT2D eigenvalue weighted by Gasteiger charge is -2.02. The zero-order valence-corrected chi connectivity index (χ0v) is 11.4. The van der Waals surface area contributed by atoms with Crippen LogP contribution in [-0.4, -0.2) is 15.0 Å². The highest BCUT2D eigenvalue weighted by Crippen LogP contribution is 2.18. The van der Waals surface area contributed by atoms with E-state index in [-0.39, 0.29) is 0 Å². The van der Waals surface area contributed by atoms with Crippen molar-refractivity contribution in [2.75, 3.05) is 0 Å². The predicted molar refractivity (Wildman–Crippen MR) is 74.4 cm³/mol. The van der Waals surface area contributed by atoms with Crippen LogP contribution in [0.15, 0.2) is 41.8 Å². The highest BCUT2D eigenvalue weighted by Gasteiger charge is 2.02. The second-order valence-corrected chi connectivity index (χ2v) is 5.00. The first kappa shape index (κ1) is 13.0. The van der Waals surface area contributed by atoms with E-state index in [0.717, 1.165) is 36.0 Å². The van der Waals surface area contributed by atoms with Crippen LogP contribution in [-0.2, 0) is 12.2 Å². The van der Waals surface area contributed by atoms with Crippen LogP contribution in [0, 0.1) is 0 Å². The van der Waals surface area contributed by atoms with Gasteiger partial charge in [-0.15, -0.1) is 0 Å². The molecular formula is C14H17N3S. The fourth-order valence-corrected chi connectivity index (χ4v) is 2.34. The van der Waals surface area contributed by atoms with Crippen LogP contribution >= 0.6 is 11.8 Å². The van der Waals surface area contributed by atoms with Gasteiger partial charge in [0.2, 0.25) is 0 Å². The second kappa shape index (κ2) is 7.11. The van der Waals surface area contributed by atoms with E-state index in [1.54, 1.807) is 18.1 Å². The summed E-state index contributed by atoms with van der Waals surface area (Å²) in [5.74, 6) is 1.81. The Kier molecular flexibility index (Phi) is 5.15. The molecule has 0 unspecified atom stereocenters. The van der Waals surface area contributed by atoms with Crippen molar-refractivity contribution in [1.29, 1.82) is 0 Å². The van der Waals surface area contributed by atoms with Gasteiger partial charge in [0.05, 0.1) is 0 Å². The Morgan fingerprint density at radius 3 is 2.72 bits per heavy atom. The fraction of sp³-hybridized carbons (Fsp3) is 0.357. The molecule has 0 amide bonds. The van der Waals surface area contributed by atoms with Crippen LogP contribution in [0.4, 0.5) is 0 Å². The van der Waals surface area contributed by atoms with Gasteiger partial charge in [-0.05, 0) is 12.0 Å². The summed E-state index contributed by atoms with van der Waals surface area (Å²) in [7, 11) is 0. The van der Waals surface area contributed by atoms with Crippen LogP contribution < -0.4 is 0 Å². The first-order valence-electron chi connectivity index (χ1n) is 6.23. The number of hydrogen-bond acceptors (Lipinski definition) is 4. The van der Waals surface area contributed by atoms with Crippen LogP contribution in [0.3, 0.4) is 0 Å². The van der Waals surface area contributed by atoms with Gasteiger partial charge < -0.3 is 0 Å². The lowest BCUT2D eigenvalue weighted by molar-refractivity contribution is 0.720. The molecule has 0 bridgehead atoms. The van der Waals surface area contributed by atoms with E-state index in [9.17, 15) is 0 Å². The number of thioether (sulfide) groups is 1. The number of aromatic nitrogens is 3. The van der Waals surface area contributed by atoms with E-state index >= 15 is 0 Å². The molecule has 0 saturated carbocycles. The standard InChI is InChI=1S/C14H17N3S/c1-2-3-9-13-15-11-16-14(17-13)18-10-12-7-5-4-6-8-12/h4-8,11H,2-3,9-10H2,1H3. The molecule has 4 heteroatoms. The lowest BCUT2D eigenvalue weighted by atomic mass is 10.2. The molecule has 0 spiro atoms. The van der Waals surface area contributed by atoms with Crippen LogP contribution in [0.5, 0.6) is 0 Å². The molecule has 0 N–H and O–H groups in total. The largest absolute Gasteiger partial charge is 0.221 e. The molecule has 1 aromatic heterocycles. The van der Waals surface area contributed by atoms with Crippen molar-refractivity contribution in [3.63, 3.8) is 0 Å². The van der Waals surface area contributed by atoms with Gasteiger partial charge in [-0.3, -0.25) is 0 Å². The van der Waals surface area contributed by atoms with E-state index in [0.29, 0.717) is 0 Å². The molecule has 0 fully saturated rings. The maximum atomic E-state index is 4.47. The zero-order valence-electron chi connectivity index (χ0n) is 10.5. The smallest absolute Gasteiger partial charge is 0.191 e. The number of nitrogens with zero attached hydrogens (tertiary/aromatic N) is 3. The normalized spacial score (nSPS) is 10.5.